The third kappa shape index (κ3) is 2.53. The van der Waals surface area contributed by atoms with Gasteiger partial charge in [-0.25, -0.2) is 0 Å². The number of aromatic nitrogens is 1. The van der Waals surface area contributed by atoms with Gasteiger partial charge in [0.25, 0.3) is 0 Å². The van der Waals surface area contributed by atoms with E-state index in [0.29, 0.717) is 11.6 Å². The van der Waals surface area contributed by atoms with E-state index in [9.17, 15) is 10.1 Å². The van der Waals surface area contributed by atoms with Gasteiger partial charge in [0.1, 0.15) is 5.75 Å². The van der Waals surface area contributed by atoms with E-state index in [-0.39, 0.29) is 23.1 Å². The van der Waals surface area contributed by atoms with Crippen molar-refractivity contribution >= 4 is 5.97 Å². The van der Waals surface area contributed by atoms with Gasteiger partial charge in [0.15, 0.2) is 0 Å². The first kappa shape index (κ1) is 17.9. The van der Waals surface area contributed by atoms with Gasteiger partial charge in [-0.2, -0.15) is 10.2 Å². The maximum atomic E-state index is 12.9. The lowest BCUT2D eigenvalue weighted by molar-refractivity contribution is -0.143. The second-order valence-corrected chi connectivity index (χ2v) is 7.61. The smallest absolute Gasteiger partial charge is 0.320 e. The van der Waals surface area contributed by atoms with Gasteiger partial charge in [-0.05, 0) is 23.0 Å². The second kappa shape index (κ2) is 6.14. The average molecular weight is 350 g/mol. The molecule has 3 rings (SSSR count). The van der Waals surface area contributed by atoms with Crippen molar-refractivity contribution < 1.29 is 14.3 Å². The van der Waals surface area contributed by atoms with Crippen molar-refractivity contribution in [1.29, 1.82) is 5.26 Å². The summed E-state index contributed by atoms with van der Waals surface area (Å²) in [5.41, 5.74) is -1.50. The van der Waals surface area contributed by atoms with Crippen molar-refractivity contribution in [3.05, 3.63) is 48.5 Å². The summed E-state index contributed by atoms with van der Waals surface area (Å²) in [6, 6.07) is 16.4. The number of rotatable bonds is 5. The number of carbonyl (C=O) groups excluding carboxylic acids is 1. The molecular formula is C21H22N2O3. The Morgan fingerprint density at radius 1 is 1.00 bits per heavy atom. The summed E-state index contributed by atoms with van der Waals surface area (Å²) in [6.07, 6.45) is 0.117. The van der Waals surface area contributed by atoms with Crippen LogP contribution in [-0.4, -0.2) is 11.0 Å². The number of para-hydroxylation sites is 1. The van der Waals surface area contributed by atoms with E-state index < -0.39 is 11.4 Å². The van der Waals surface area contributed by atoms with E-state index in [4.69, 9.17) is 9.47 Å². The molecule has 2 aromatic rings. The first-order valence-corrected chi connectivity index (χ1v) is 8.55. The number of ether oxygens (including phenoxy) is 2. The molecule has 0 radical (unpaired) electrons. The van der Waals surface area contributed by atoms with Gasteiger partial charge < -0.3 is 9.47 Å². The standard InChI is InChI=1S/C21H22N2O3/c1-19(2)20(3,4)21(19,13-14-22)18(24)26-17-12-8-11-16(23-17)25-15-9-6-5-7-10-15/h5-12H,13H2,1-4H3. The Balaban J connectivity index is 1.80. The Labute approximate surface area is 153 Å². The summed E-state index contributed by atoms with van der Waals surface area (Å²) >= 11 is 0. The fraction of sp³-hybridized carbons (Fsp3) is 0.381. The first-order valence-electron chi connectivity index (χ1n) is 8.55. The molecule has 5 heteroatoms. The molecule has 0 unspecified atom stereocenters. The Morgan fingerprint density at radius 3 is 2.19 bits per heavy atom. The Hall–Kier alpha value is -2.87. The SMILES string of the molecule is CC1(C)C(C)(C)C1(CC#N)C(=O)Oc1cccc(Oc2ccccc2)n1. The van der Waals surface area contributed by atoms with Crippen LogP contribution in [0.2, 0.25) is 0 Å². The summed E-state index contributed by atoms with van der Waals surface area (Å²) in [6.45, 7) is 7.98. The minimum atomic E-state index is -0.841. The number of benzene rings is 1. The van der Waals surface area contributed by atoms with E-state index in [1.807, 2.05) is 58.0 Å². The van der Waals surface area contributed by atoms with Crippen LogP contribution in [0, 0.1) is 27.6 Å². The van der Waals surface area contributed by atoms with Gasteiger partial charge in [0.05, 0.1) is 17.9 Å². The quantitative estimate of drug-likeness (QED) is 0.728. The molecule has 0 spiro atoms. The molecule has 26 heavy (non-hydrogen) atoms. The highest BCUT2D eigenvalue weighted by Gasteiger charge is 2.81. The molecular weight excluding hydrogens is 328 g/mol. The Morgan fingerprint density at radius 2 is 1.62 bits per heavy atom. The van der Waals surface area contributed by atoms with Crippen LogP contribution in [0.3, 0.4) is 0 Å². The van der Waals surface area contributed by atoms with Gasteiger partial charge in [-0.3, -0.25) is 4.79 Å². The predicted molar refractivity (Wildman–Crippen MR) is 96.6 cm³/mol. The van der Waals surface area contributed by atoms with Crippen molar-refractivity contribution in [3.63, 3.8) is 0 Å². The van der Waals surface area contributed by atoms with Gasteiger partial charge in [-0.15, -0.1) is 0 Å². The number of carbonyl (C=O) groups is 1. The average Bonchev–Trinajstić information content (AvgIpc) is 2.95. The normalized spacial score (nSPS) is 18.4. The lowest BCUT2D eigenvalue weighted by Crippen LogP contribution is -2.28. The molecule has 0 saturated heterocycles. The van der Waals surface area contributed by atoms with Crippen molar-refractivity contribution in [1.82, 2.24) is 4.98 Å². The third-order valence-corrected chi connectivity index (χ3v) is 6.19. The van der Waals surface area contributed by atoms with E-state index in [2.05, 4.69) is 11.1 Å². The summed E-state index contributed by atoms with van der Waals surface area (Å²) in [4.78, 5) is 17.2. The second-order valence-electron chi connectivity index (χ2n) is 7.61. The first-order chi connectivity index (χ1) is 12.3. The molecule has 0 aliphatic heterocycles. The number of hydrogen-bond acceptors (Lipinski definition) is 5. The molecule has 0 amide bonds. The summed E-state index contributed by atoms with van der Waals surface area (Å²) in [7, 11) is 0. The zero-order valence-corrected chi connectivity index (χ0v) is 15.4. The van der Waals surface area contributed by atoms with E-state index in [1.165, 1.54) is 0 Å². The lowest BCUT2D eigenvalue weighted by Gasteiger charge is -2.16. The van der Waals surface area contributed by atoms with E-state index >= 15 is 0 Å². The van der Waals surface area contributed by atoms with E-state index in [1.54, 1.807) is 18.2 Å². The molecule has 0 atom stereocenters. The molecule has 0 bridgehead atoms. The lowest BCUT2D eigenvalue weighted by atomic mass is 9.91. The molecule has 1 fully saturated rings. The summed E-state index contributed by atoms with van der Waals surface area (Å²) in [5, 5.41) is 9.24. The van der Waals surface area contributed by atoms with Crippen LogP contribution >= 0.6 is 0 Å². The topological polar surface area (TPSA) is 72.2 Å². The van der Waals surface area contributed by atoms with Gasteiger partial charge in [-0.1, -0.05) is 52.0 Å². The van der Waals surface area contributed by atoms with Gasteiger partial charge in [0.2, 0.25) is 11.8 Å². The van der Waals surface area contributed by atoms with Crippen LogP contribution in [0.5, 0.6) is 17.5 Å². The molecule has 1 aromatic carbocycles. The molecule has 5 nitrogen and oxygen atoms in total. The number of pyridine rings is 1. The Kier molecular flexibility index (Phi) is 4.23. The number of nitrogens with zero attached hydrogens (tertiary/aromatic N) is 2. The van der Waals surface area contributed by atoms with Crippen molar-refractivity contribution in [2.45, 2.75) is 34.1 Å². The fourth-order valence-electron chi connectivity index (χ4n) is 3.87. The van der Waals surface area contributed by atoms with Crippen LogP contribution < -0.4 is 9.47 Å². The number of esters is 1. The van der Waals surface area contributed by atoms with Crippen LogP contribution in [-0.2, 0) is 4.79 Å². The third-order valence-electron chi connectivity index (χ3n) is 6.19. The molecule has 0 N–H and O–H groups in total. The minimum absolute atomic E-state index is 0.117. The van der Waals surface area contributed by atoms with Crippen molar-refractivity contribution in [2.24, 2.45) is 16.2 Å². The van der Waals surface area contributed by atoms with Crippen LogP contribution in [0.4, 0.5) is 0 Å². The fourth-order valence-corrected chi connectivity index (χ4v) is 3.87. The largest absolute Gasteiger partial charge is 0.439 e. The predicted octanol–water partition coefficient (Wildman–Crippen LogP) is 4.75. The molecule has 1 heterocycles. The maximum Gasteiger partial charge on any atom is 0.320 e. The molecule has 1 aliphatic rings. The van der Waals surface area contributed by atoms with Crippen LogP contribution in [0.15, 0.2) is 48.5 Å². The zero-order valence-electron chi connectivity index (χ0n) is 15.4. The maximum absolute atomic E-state index is 12.9. The summed E-state index contributed by atoms with van der Waals surface area (Å²) in [5.74, 6) is 0.733. The molecule has 1 aliphatic carbocycles. The van der Waals surface area contributed by atoms with E-state index in [0.717, 1.165) is 0 Å². The van der Waals surface area contributed by atoms with Crippen molar-refractivity contribution in [2.75, 3.05) is 0 Å². The van der Waals surface area contributed by atoms with Crippen LogP contribution in [0.25, 0.3) is 0 Å². The highest BCUT2D eigenvalue weighted by atomic mass is 16.5. The minimum Gasteiger partial charge on any atom is -0.439 e. The Bertz CT molecular complexity index is 852. The van der Waals surface area contributed by atoms with Crippen molar-refractivity contribution in [3.8, 4) is 23.6 Å². The highest BCUT2D eigenvalue weighted by Crippen LogP contribution is 2.79. The highest BCUT2D eigenvalue weighted by molar-refractivity contribution is 5.86. The number of hydrogen-bond donors (Lipinski definition) is 0. The van der Waals surface area contributed by atoms with Crippen LogP contribution in [0.1, 0.15) is 34.1 Å². The monoisotopic (exact) mass is 350 g/mol. The molecule has 134 valence electrons. The summed E-state index contributed by atoms with van der Waals surface area (Å²) < 4.78 is 11.2. The number of nitriles is 1. The zero-order chi connectivity index (χ0) is 19.0. The molecule has 1 aromatic heterocycles. The van der Waals surface area contributed by atoms with Gasteiger partial charge in [0, 0.05) is 12.1 Å². The molecule has 1 saturated carbocycles. The van der Waals surface area contributed by atoms with Gasteiger partial charge >= 0.3 is 5.97 Å².